The molecule has 3 unspecified atom stereocenters. The Morgan fingerprint density at radius 1 is 1.14 bits per heavy atom. The van der Waals surface area contributed by atoms with Gasteiger partial charge in [0.15, 0.2) is 0 Å². The summed E-state index contributed by atoms with van der Waals surface area (Å²) in [6.07, 6.45) is -0.349. The first-order valence-electron chi connectivity index (χ1n) is 8.89. The maximum Gasteiger partial charge on any atom is 0.326 e. The zero-order valence-corrected chi connectivity index (χ0v) is 15.6. The fourth-order valence-corrected chi connectivity index (χ4v) is 2.84. The molecule has 0 spiro atoms. The smallest absolute Gasteiger partial charge is 0.326 e. The molecule has 13 heteroatoms. The molecule has 29 heavy (non-hydrogen) atoms. The first-order valence-corrected chi connectivity index (χ1v) is 8.89. The van der Waals surface area contributed by atoms with E-state index in [2.05, 4.69) is 10.6 Å². The van der Waals surface area contributed by atoms with Gasteiger partial charge in [-0.05, 0) is 19.3 Å². The highest BCUT2D eigenvalue weighted by molar-refractivity contribution is 5.93. The summed E-state index contributed by atoms with van der Waals surface area (Å²) in [6, 6.07) is -3.54. The number of nitrogens with one attached hydrogen (secondary N) is 2. The zero-order chi connectivity index (χ0) is 22.1. The largest absolute Gasteiger partial charge is 0.481 e. The van der Waals surface area contributed by atoms with E-state index in [4.69, 9.17) is 21.7 Å². The van der Waals surface area contributed by atoms with Crippen molar-refractivity contribution in [2.24, 2.45) is 11.5 Å². The Kier molecular flexibility index (Phi) is 8.99. The minimum atomic E-state index is -1.40. The monoisotopic (exact) mass is 415 g/mol. The van der Waals surface area contributed by atoms with Gasteiger partial charge in [-0.2, -0.15) is 0 Å². The number of aliphatic carboxylic acids is 2. The summed E-state index contributed by atoms with van der Waals surface area (Å²) in [7, 11) is 0. The van der Waals surface area contributed by atoms with Gasteiger partial charge in [0.05, 0.1) is 19.0 Å². The average Bonchev–Trinajstić information content (AvgIpc) is 3.11. The van der Waals surface area contributed by atoms with Crippen molar-refractivity contribution in [3.63, 3.8) is 0 Å². The van der Waals surface area contributed by atoms with Crippen molar-refractivity contribution in [1.82, 2.24) is 15.5 Å². The van der Waals surface area contributed by atoms with Gasteiger partial charge in [0.1, 0.15) is 12.1 Å². The van der Waals surface area contributed by atoms with Crippen LogP contribution in [0.2, 0.25) is 0 Å². The third kappa shape index (κ3) is 7.73. The number of carbonyl (C=O) groups excluding carboxylic acids is 4. The van der Waals surface area contributed by atoms with Gasteiger partial charge in [-0.3, -0.25) is 24.0 Å². The number of likely N-dealkylation sites (tertiary alicyclic amines) is 1. The molecule has 0 saturated carbocycles. The second kappa shape index (κ2) is 10.9. The summed E-state index contributed by atoms with van der Waals surface area (Å²) in [4.78, 5) is 70.3. The molecular weight excluding hydrogens is 390 g/mol. The third-order valence-electron chi connectivity index (χ3n) is 4.31. The van der Waals surface area contributed by atoms with E-state index < -0.39 is 66.7 Å². The number of carboxylic acids is 2. The average molecular weight is 415 g/mol. The van der Waals surface area contributed by atoms with E-state index in [0.717, 1.165) is 0 Å². The Labute approximate surface area is 165 Å². The van der Waals surface area contributed by atoms with Gasteiger partial charge in [-0.1, -0.05) is 0 Å². The maximum absolute atomic E-state index is 12.4. The third-order valence-corrected chi connectivity index (χ3v) is 4.31. The molecule has 1 aliphatic heterocycles. The molecule has 1 heterocycles. The van der Waals surface area contributed by atoms with E-state index in [1.165, 1.54) is 4.90 Å². The summed E-state index contributed by atoms with van der Waals surface area (Å²) in [5.74, 6) is -5.41. The number of carbonyl (C=O) groups is 6. The molecular formula is C16H25N5O8. The molecule has 0 aliphatic carbocycles. The maximum atomic E-state index is 12.4. The van der Waals surface area contributed by atoms with Crippen molar-refractivity contribution in [3.05, 3.63) is 0 Å². The van der Waals surface area contributed by atoms with E-state index in [9.17, 15) is 28.8 Å². The first kappa shape index (κ1) is 23.8. The highest BCUT2D eigenvalue weighted by Crippen LogP contribution is 2.18. The molecule has 0 aromatic heterocycles. The second-order valence-corrected chi connectivity index (χ2v) is 6.57. The van der Waals surface area contributed by atoms with Gasteiger partial charge in [-0.25, -0.2) is 4.79 Å². The molecule has 0 aromatic rings. The molecule has 0 radical (unpaired) electrons. The highest BCUT2D eigenvalue weighted by Gasteiger charge is 2.36. The van der Waals surface area contributed by atoms with Crippen molar-refractivity contribution in [2.45, 2.75) is 50.2 Å². The Bertz CT molecular complexity index is 682. The quantitative estimate of drug-likeness (QED) is 0.199. The van der Waals surface area contributed by atoms with E-state index >= 15 is 0 Å². The molecule has 1 saturated heterocycles. The van der Waals surface area contributed by atoms with Crippen LogP contribution < -0.4 is 22.1 Å². The number of primary amides is 1. The van der Waals surface area contributed by atoms with Crippen LogP contribution in [0.5, 0.6) is 0 Å². The predicted molar refractivity (Wildman–Crippen MR) is 96.0 cm³/mol. The summed E-state index contributed by atoms with van der Waals surface area (Å²) in [5.41, 5.74) is 10.4. The molecule has 3 atom stereocenters. The van der Waals surface area contributed by atoms with Gasteiger partial charge < -0.3 is 37.2 Å². The van der Waals surface area contributed by atoms with Crippen LogP contribution in [0.1, 0.15) is 32.1 Å². The van der Waals surface area contributed by atoms with Gasteiger partial charge in [-0.15, -0.1) is 0 Å². The molecule has 0 aromatic carbocycles. The van der Waals surface area contributed by atoms with Gasteiger partial charge >= 0.3 is 11.9 Å². The van der Waals surface area contributed by atoms with Crippen molar-refractivity contribution < 1.29 is 39.0 Å². The number of rotatable bonds is 11. The van der Waals surface area contributed by atoms with Crippen LogP contribution >= 0.6 is 0 Å². The Morgan fingerprint density at radius 3 is 2.34 bits per heavy atom. The highest BCUT2D eigenvalue weighted by atomic mass is 16.4. The number of amides is 4. The van der Waals surface area contributed by atoms with Crippen LogP contribution in [0.15, 0.2) is 0 Å². The summed E-state index contributed by atoms with van der Waals surface area (Å²) in [5, 5.41) is 22.3. The van der Waals surface area contributed by atoms with Crippen LogP contribution in [0.25, 0.3) is 0 Å². The minimum absolute atomic E-state index is 0.229. The number of nitrogens with zero attached hydrogens (tertiary/aromatic N) is 1. The second-order valence-electron chi connectivity index (χ2n) is 6.57. The molecule has 1 rings (SSSR count). The van der Waals surface area contributed by atoms with E-state index in [1.807, 2.05) is 0 Å². The fraction of sp³-hybridized carbons (Fsp3) is 0.625. The van der Waals surface area contributed by atoms with Crippen molar-refractivity contribution in [3.8, 4) is 0 Å². The molecule has 4 amide bonds. The summed E-state index contributed by atoms with van der Waals surface area (Å²) >= 11 is 0. The molecule has 0 bridgehead atoms. The van der Waals surface area contributed by atoms with E-state index in [1.54, 1.807) is 0 Å². The minimum Gasteiger partial charge on any atom is -0.481 e. The Morgan fingerprint density at radius 2 is 1.79 bits per heavy atom. The molecule has 162 valence electrons. The van der Waals surface area contributed by atoms with Crippen molar-refractivity contribution >= 4 is 35.6 Å². The lowest BCUT2D eigenvalue weighted by atomic mass is 10.1. The number of hydrogen-bond donors (Lipinski definition) is 6. The van der Waals surface area contributed by atoms with Crippen molar-refractivity contribution in [1.29, 1.82) is 0 Å². The van der Waals surface area contributed by atoms with Crippen LogP contribution in [-0.4, -0.2) is 81.9 Å². The van der Waals surface area contributed by atoms with Gasteiger partial charge in [0.2, 0.25) is 23.6 Å². The standard InChI is InChI=1S/C16H25N5O8/c17-8(6-11(18)22)14(26)19-7-12(23)21-5-1-2-10(21)15(27)20-9(16(28)29)3-4-13(24)25/h8-10H,1-7,17H2,(H2,18,22)(H,19,26)(H,20,27)(H,24,25)(H,28,29). The van der Waals surface area contributed by atoms with Crippen LogP contribution in [0.3, 0.4) is 0 Å². The van der Waals surface area contributed by atoms with Crippen LogP contribution in [0.4, 0.5) is 0 Å². The topological polar surface area (TPSA) is 222 Å². The lowest BCUT2D eigenvalue weighted by Crippen LogP contribution is -2.53. The number of hydrogen-bond acceptors (Lipinski definition) is 7. The molecule has 1 fully saturated rings. The Balaban J connectivity index is 2.64. The fourth-order valence-electron chi connectivity index (χ4n) is 2.84. The summed E-state index contributed by atoms with van der Waals surface area (Å²) in [6.45, 7) is -0.233. The summed E-state index contributed by atoms with van der Waals surface area (Å²) < 4.78 is 0. The van der Waals surface area contributed by atoms with E-state index in [0.29, 0.717) is 6.42 Å². The molecule has 8 N–H and O–H groups in total. The van der Waals surface area contributed by atoms with Crippen molar-refractivity contribution in [2.75, 3.05) is 13.1 Å². The Hall–Kier alpha value is -3.22. The normalized spacial score (nSPS) is 17.8. The lowest BCUT2D eigenvalue weighted by Gasteiger charge is -2.25. The van der Waals surface area contributed by atoms with Crippen LogP contribution in [-0.2, 0) is 28.8 Å². The predicted octanol–water partition coefficient (Wildman–Crippen LogP) is -3.27. The lowest BCUT2D eigenvalue weighted by molar-refractivity contribution is -0.144. The zero-order valence-electron chi connectivity index (χ0n) is 15.6. The van der Waals surface area contributed by atoms with Gasteiger partial charge in [0, 0.05) is 13.0 Å². The van der Waals surface area contributed by atoms with Gasteiger partial charge in [0.25, 0.3) is 0 Å². The number of carboxylic acid groups (broad SMARTS) is 2. The first-order chi connectivity index (χ1) is 13.5. The SMILES string of the molecule is NC(=O)CC(N)C(=O)NCC(=O)N1CCCC1C(=O)NC(CCC(=O)O)C(=O)O. The van der Waals surface area contributed by atoms with E-state index in [-0.39, 0.29) is 25.8 Å². The number of nitrogens with two attached hydrogens (primary N) is 2. The molecule has 13 nitrogen and oxygen atoms in total. The molecule has 1 aliphatic rings. The van der Waals surface area contributed by atoms with Crippen LogP contribution in [0, 0.1) is 0 Å².